The van der Waals surface area contributed by atoms with E-state index in [0.717, 1.165) is 37.5 Å². The highest BCUT2D eigenvalue weighted by Gasteiger charge is 2.20. The number of benzene rings is 2. The van der Waals surface area contributed by atoms with Crippen molar-refractivity contribution < 1.29 is 4.79 Å². The van der Waals surface area contributed by atoms with Crippen molar-refractivity contribution in [3.05, 3.63) is 70.1 Å². The van der Waals surface area contributed by atoms with E-state index in [-0.39, 0.29) is 11.5 Å². The molecule has 0 spiro atoms. The summed E-state index contributed by atoms with van der Waals surface area (Å²) in [7, 11) is 0. The highest BCUT2D eigenvalue weighted by molar-refractivity contribution is 5.98. The van der Waals surface area contributed by atoms with Gasteiger partial charge >= 0.3 is 5.69 Å². The average molecular weight is 363 g/mol. The predicted octanol–water partition coefficient (Wildman–Crippen LogP) is 3.38. The van der Waals surface area contributed by atoms with Crippen LogP contribution >= 0.6 is 0 Å². The van der Waals surface area contributed by atoms with Crippen LogP contribution in [0.4, 0.5) is 0 Å². The molecule has 1 aromatic heterocycles. The number of imidazole rings is 1. The monoisotopic (exact) mass is 363 g/mol. The van der Waals surface area contributed by atoms with Crippen molar-refractivity contribution in [3.63, 3.8) is 0 Å². The van der Waals surface area contributed by atoms with Crippen LogP contribution in [0.3, 0.4) is 0 Å². The summed E-state index contributed by atoms with van der Waals surface area (Å²) in [6, 6.07) is 16.0. The maximum atomic E-state index is 12.5. The number of fused-ring (bicyclic) bond motifs is 1. The zero-order chi connectivity index (χ0) is 18.6. The molecule has 3 aromatic rings. The third-order valence-corrected chi connectivity index (χ3v) is 5.57. The first-order chi connectivity index (χ1) is 13.2. The molecule has 27 heavy (non-hydrogen) atoms. The topological polar surface area (TPSA) is 69.0 Å². The van der Waals surface area contributed by atoms with Crippen LogP contribution in [0.15, 0.2) is 53.3 Å². The Balaban J connectivity index is 1.26. The molecule has 0 bridgehead atoms. The van der Waals surface area contributed by atoms with Crippen molar-refractivity contribution in [1.29, 1.82) is 0 Å². The van der Waals surface area contributed by atoms with Gasteiger partial charge in [-0.1, -0.05) is 30.3 Å². The summed E-state index contributed by atoms with van der Waals surface area (Å²) in [5, 5.41) is 0. The second kappa shape index (κ2) is 7.92. The molecule has 1 fully saturated rings. The quantitative estimate of drug-likeness (QED) is 0.660. The number of hydrogen-bond donors (Lipinski definition) is 2. The molecule has 2 heterocycles. The van der Waals surface area contributed by atoms with Crippen molar-refractivity contribution in [2.75, 3.05) is 19.6 Å². The Bertz CT molecular complexity index is 966. The molecule has 1 aliphatic heterocycles. The molecule has 1 saturated heterocycles. The Morgan fingerprint density at radius 2 is 1.74 bits per heavy atom. The minimum Gasteiger partial charge on any atom is -0.306 e. The summed E-state index contributed by atoms with van der Waals surface area (Å²) >= 11 is 0. The van der Waals surface area contributed by atoms with Gasteiger partial charge < -0.3 is 14.9 Å². The maximum Gasteiger partial charge on any atom is 0.323 e. The third kappa shape index (κ3) is 4.37. The fraction of sp³-hybridized carbons (Fsp3) is 0.364. The molecule has 0 saturated carbocycles. The lowest BCUT2D eigenvalue weighted by Gasteiger charge is -2.31. The minimum absolute atomic E-state index is 0.130. The van der Waals surface area contributed by atoms with E-state index in [2.05, 4.69) is 45.2 Å². The Morgan fingerprint density at radius 3 is 2.52 bits per heavy atom. The van der Waals surface area contributed by atoms with E-state index in [9.17, 15) is 9.59 Å². The molecule has 0 unspecified atom stereocenters. The fourth-order valence-electron chi connectivity index (χ4n) is 3.97. The van der Waals surface area contributed by atoms with Crippen molar-refractivity contribution >= 4 is 16.8 Å². The van der Waals surface area contributed by atoms with Crippen molar-refractivity contribution in [2.45, 2.75) is 25.7 Å². The largest absolute Gasteiger partial charge is 0.323 e. The van der Waals surface area contributed by atoms with Gasteiger partial charge in [0.05, 0.1) is 11.0 Å². The summed E-state index contributed by atoms with van der Waals surface area (Å²) in [6.07, 6.45) is 4.06. The summed E-state index contributed by atoms with van der Waals surface area (Å²) in [4.78, 5) is 31.7. The first kappa shape index (κ1) is 17.7. The van der Waals surface area contributed by atoms with E-state index in [1.54, 1.807) is 18.2 Å². The van der Waals surface area contributed by atoms with E-state index in [1.165, 1.54) is 18.4 Å². The number of H-pyrrole nitrogens is 2. The standard InChI is InChI=1S/C22H25N3O2/c26-21(18-6-7-19-20(15-18)24-22(27)23-19)10-13-25-11-8-17(9-12-25)14-16-4-2-1-3-5-16/h1-7,15,17H,8-14H2,(H2,23,24,27). The van der Waals surface area contributed by atoms with Gasteiger partial charge in [0.25, 0.3) is 0 Å². The number of ketones is 1. The molecule has 140 valence electrons. The molecule has 0 amide bonds. The number of Topliss-reactive ketones (excluding diaryl/α,β-unsaturated/α-hetero) is 1. The van der Waals surface area contributed by atoms with Crippen molar-refractivity contribution in [1.82, 2.24) is 14.9 Å². The average Bonchev–Trinajstić information content (AvgIpc) is 3.07. The Morgan fingerprint density at radius 1 is 1.00 bits per heavy atom. The Kier molecular flexibility index (Phi) is 5.21. The SMILES string of the molecule is O=C(CCN1CCC(Cc2ccccc2)CC1)c1ccc2[nH]c(=O)[nH]c2c1. The van der Waals surface area contributed by atoms with Gasteiger partial charge in [-0.05, 0) is 62.0 Å². The van der Waals surface area contributed by atoms with E-state index in [4.69, 9.17) is 0 Å². The number of likely N-dealkylation sites (tertiary alicyclic amines) is 1. The van der Waals surface area contributed by atoms with E-state index in [0.29, 0.717) is 17.5 Å². The molecule has 5 heteroatoms. The molecule has 2 aromatic carbocycles. The highest BCUT2D eigenvalue weighted by Crippen LogP contribution is 2.22. The lowest BCUT2D eigenvalue weighted by molar-refractivity contribution is 0.0951. The van der Waals surface area contributed by atoms with Crippen LogP contribution in [0, 0.1) is 5.92 Å². The first-order valence-corrected chi connectivity index (χ1v) is 9.69. The van der Waals surface area contributed by atoms with Crippen LogP contribution < -0.4 is 5.69 Å². The summed E-state index contributed by atoms with van der Waals surface area (Å²) in [5.74, 6) is 0.873. The number of aromatic nitrogens is 2. The summed E-state index contributed by atoms with van der Waals surface area (Å²) in [6.45, 7) is 2.93. The fourth-order valence-corrected chi connectivity index (χ4v) is 3.97. The second-order valence-electron chi connectivity index (χ2n) is 7.49. The molecule has 0 atom stereocenters. The first-order valence-electron chi connectivity index (χ1n) is 9.69. The van der Waals surface area contributed by atoms with Crippen LogP contribution in [-0.4, -0.2) is 40.3 Å². The molecule has 0 radical (unpaired) electrons. The Hall–Kier alpha value is -2.66. The number of aromatic amines is 2. The molecule has 4 rings (SSSR count). The van der Waals surface area contributed by atoms with Crippen LogP contribution in [0.5, 0.6) is 0 Å². The number of piperidine rings is 1. The normalized spacial score (nSPS) is 16.0. The van der Waals surface area contributed by atoms with Gasteiger partial charge in [-0.2, -0.15) is 0 Å². The molecular formula is C22H25N3O2. The third-order valence-electron chi connectivity index (χ3n) is 5.57. The van der Waals surface area contributed by atoms with Gasteiger partial charge in [0, 0.05) is 18.5 Å². The molecule has 2 N–H and O–H groups in total. The zero-order valence-electron chi connectivity index (χ0n) is 15.4. The van der Waals surface area contributed by atoms with E-state index < -0.39 is 0 Å². The van der Waals surface area contributed by atoms with Crippen LogP contribution in [0.2, 0.25) is 0 Å². The highest BCUT2D eigenvalue weighted by atomic mass is 16.1. The number of rotatable bonds is 6. The maximum absolute atomic E-state index is 12.5. The molecule has 0 aliphatic carbocycles. The van der Waals surface area contributed by atoms with Gasteiger partial charge in [0.2, 0.25) is 0 Å². The smallest absolute Gasteiger partial charge is 0.306 e. The van der Waals surface area contributed by atoms with Gasteiger partial charge in [0.1, 0.15) is 0 Å². The predicted molar refractivity (Wildman–Crippen MR) is 107 cm³/mol. The second-order valence-corrected chi connectivity index (χ2v) is 7.49. The van der Waals surface area contributed by atoms with E-state index in [1.807, 2.05) is 0 Å². The van der Waals surface area contributed by atoms with Gasteiger partial charge in [-0.15, -0.1) is 0 Å². The lowest BCUT2D eigenvalue weighted by Crippen LogP contribution is -2.35. The Labute approximate surface area is 158 Å². The molecule has 5 nitrogen and oxygen atoms in total. The number of nitrogens with one attached hydrogen (secondary N) is 2. The van der Waals surface area contributed by atoms with Crippen LogP contribution in [0.1, 0.15) is 35.2 Å². The number of carbonyl (C=O) groups excluding carboxylic acids is 1. The van der Waals surface area contributed by atoms with Crippen molar-refractivity contribution in [3.8, 4) is 0 Å². The molecule has 1 aliphatic rings. The van der Waals surface area contributed by atoms with Gasteiger partial charge in [-0.25, -0.2) is 4.79 Å². The lowest BCUT2D eigenvalue weighted by atomic mass is 9.90. The number of hydrogen-bond acceptors (Lipinski definition) is 3. The summed E-state index contributed by atoms with van der Waals surface area (Å²) < 4.78 is 0. The van der Waals surface area contributed by atoms with Crippen molar-refractivity contribution in [2.24, 2.45) is 5.92 Å². The van der Waals surface area contributed by atoms with Crippen LogP contribution in [-0.2, 0) is 6.42 Å². The molecular weight excluding hydrogens is 338 g/mol. The van der Waals surface area contributed by atoms with Crippen LogP contribution in [0.25, 0.3) is 11.0 Å². The number of nitrogens with zero attached hydrogens (tertiary/aromatic N) is 1. The number of carbonyl (C=O) groups is 1. The summed E-state index contributed by atoms with van der Waals surface area (Å²) in [5.41, 5.74) is 3.26. The van der Waals surface area contributed by atoms with Gasteiger partial charge in [0.15, 0.2) is 5.78 Å². The zero-order valence-corrected chi connectivity index (χ0v) is 15.4. The minimum atomic E-state index is -0.243. The van der Waals surface area contributed by atoms with Gasteiger partial charge in [-0.3, -0.25) is 4.79 Å². The van der Waals surface area contributed by atoms with E-state index >= 15 is 0 Å².